The summed E-state index contributed by atoms with van der Waals surface area (Å²) in [5.74, 6) is 0.0265. The Kier molecular flexibility index (Phi) is 3.53. The predicted octanol–water partition coefficient (Wildman–Crippen LogP) is 0.936. The molecule has 0 aliphatic carbocycles. The van der Waals surface area contributed by atoms with Gasteiger partial charge in [0.15, 0.2) is 9.84 Å². The van der Waals surface area contributed by atoms with Gasteiger partial charge >= 0.3 is 0 Å². The van der Waals surface area contributed by atoms with Crippen LogP contribution >= 0.6 is 11.3 Å². The molecule has 1 fully saturated rings. The first-order valence-electron chi connectivity index (χ1n) is 5.46. The minimum atomic E-state index is -3.02. The molecular weight excluding hydrogens is 258 g/mol. The second kappa shape index (κ2) is 4.78. The van der Waals surface area contributed by atoms with E-state index in [2.05, 4.69) is 0 Å². The highest BCUT2D eigenvalue weighted by molar-refractivity contribution is 7.91. The minimum Gasteiger partial charge on any atom is -0.341 e. The van der Waals surface area contributed by atoms with Gasteiger partial charge in [-0.2, -0.15) is 0 Å². The fraction of sp³-hybridized carbons (Fsp3) is 0.545. The van der Waals surface area contributed by atoms with E-state index >= 15 is 0 Å². The number of carbonyl (C=O) groups is 1. The summed E-state index contributed by atoms with van der Waals surface area (Å²) in [6.45, 7) is 0.908. The molecule has 0 radical (unpaired) electrons. The Bertz CT molecular complexity index is 493. The molecular formula is C11H15NO3S2. The van der Waals surface area contributed by atoms with Crippen molar-refractivity contribution in [3.05, 3.63) is 22.4 Å². The molecule has 1 aliphatic rings. The van der Waals surface area contributed by atoms with Crippen molar-refractivity contribution in [3.8, 4) is 0 Å². The Morgan fingerprint density at radius 1 is 1.59 bits per heavy atom. The van der Waals surface area contributed by atoms with Crippen molar-refractivity contribution >= 4 is 27.1 Å². The highest BCUT2D eigenvalue weighted by Crippen LogP contribution is 2.18. The van der Waals surface area contributed by atoms with Gasteiger partial charge < -0.3 is 4.90 Å². The van der Waals surface area contributed by atoms with Gasteiger partial charge in [0.1, 0.15) is 0 Å². The van der Waals surface area contributed by atoms with E-state index in [0.717, 1.165) is 4.88 Å². The minimum absolute atomic E-state index is 0.0265. The maximum absolute atomic E-state index is 11.9. The molecule has 17 heavy (non-hydrogen) atoms. The molecule has 1 aromatic heterocycles. The van der Waals surface area contributed by atoms with Crippen molar-refractivity contribution in [2.45, 2.75) is 18.1 Å². The molecule has 0 aromatic carbocycles. The molecule has 6 heteroatoms. The second-order valence-electron chi connectivity index (χ2n) is 4.34. The normalized spacial score (nSPS) is 20.8. The monoisotopic (exact) mass is 273 g/mol. The highest BCUT2D eigenvalue weighted by Gasteiger charge is 2.32. The van der Waals surface area contributed by atoms with E-state index in [-0.39, 0.29) is 11.2 Å². The van der Waals surface area contributed by atoms with Gasteiger partial charge in [-0.05, 0) is 17.9 Å². The van der Waals surface area contributed by atoms with Gasteiger partial charge in [-0.15, -0.1) is 11.3 Å². The van der Waals surface area contributed by atoms with E-state index in [9.17, 15) is 13.2 Å². The molecule has 0 bridgehead atoms. The third-order valence-corrected chi connectivity index (χ3v) is 5.48. The maximum atomic E-state index is 11.9. The molecule has 0 N–H and O–H groups in total. The Balaban J connectivity index is 1.95. The number of amides is 1. The van der Waals surface area contributed by atoms with Gasteiger partial charge in [0.2, 0.25) is 5.91 Å². The summed E-state index contributed by atoms with van der Waals surface area (Å²) in [4.78, 5) is 14.6. The average molecular weight is 273 g/mol. The van der Waals surface area contributed by atoms with Crippen LogP contribution in [0.25, 0.3) is 0 Å². The molecule has 4 nitrogen and oxygen atoms in total. The fourth-order valence-corrected chi connectivity index (χ4v) is 3.66. The van der Waals surface area contributed by atoms with E-state index in [1.807, 2.05) is 17.5 Å². The van der Waals surface area contributed by atoms with Crippen LogP contribution in [0.5, 0.6) is 0 Å². The van der Waals surface area contributed by atoms with Crippen LogP contribution < -0.4 is 0 Å². The number of nitrogens with zero attached hydrogens (tertiary/aromatic N) is 1. The predicted molar refractivity (Wildman–Crippen MR) is 67.9 cm³/mol. The molecule has 1 aromatic rings. The van der Waals surface area contributed by atoms with Crippen molar-refractivity contribution in [2.24, 2.45) is 0 Å². The third kappa shape index (κ3) is 3.07. The smallest absolute Gasteiger partial charge is 0.227 e. The van der Waals surface area contributed by atoms with Gasteiger partial charge in [-0.1, -0.05) is 6.07 Å². The summed E-state index contributed by atoms with van der Waals surface area (Å²) >= 11 is 1.55. The molecule has 0 saturated carbocycles. The van der Waals surface area contributed by atoms with Crippen molar-refractivity contribution in [1.82, 2.24) is 4.90 Å². The number of thiophene rings is 1. The lowest BCUT2D eigenvalue weighted by atomic mass is 10.3. The molecule has 1 amide bonds. The molecule has 1 aliphatic heterocycles. The summed E-state index contributed by atoms with van der Waals surface area (Å²) in [6.07, 6.45) is 2.19. The Labute approximate surface area is 105 Å². The molecule has 0 unspecified atom stereocenters. The number of sulfone groups is 1. The van der Waals surface area contributed by atoms with E-state index in [1.165, 1.54) is 6.26 Å². The number of carbonyl (C=O) groups excluding carboxylic acids is 1. The van der Waals surface area contributed by atoms with Crippen LogP contribution in [0.15, 0.2) is 17.5 Å². The van der Waals surface area contributed by atoms with E-state index in [0.29, 0.717) is 25.9 Å². The van der Waals surface area contributed by atoms with Crippen LogP contribution in [0.2, 0.25) is 0 Å². The summed E-state index contributed by atoms with van der Waals surface area (Å²) in [5, 5.41) is 1.56. The summed E-state index contributed by atoms with van der Waals surface area (Å²) in [6, 6.07) is 3.84. The van der Waals surface area contributed by atoms with Gasteiger partial charge in [-0.25, -0.2) is 8.42 Å². The zero-order chi connectivity index (χ0) is 12.5. The molecule has 1 saturated heterocycles. The first-order chi connectivity index (χ1) is 7.97. The van der Waals surface area contributed by atoms with E-state index in [4.69, 9.17) is 0 Å². The lowest BCUT2D eigenvalue weighted by Gasteiger charge is -2.15. The number of hydrogen-bond acceptors (Lipinski definition) is 4. The zero-order valence-electron chi connectivity index (χ0n) is 9.63. The Hall–Kier alpha value is -0.880. The van der Waals surface area contributed by atoms with Crippen LogP contribution in [0, 0.1) is 0 Å². The molecule has 1 atom stereocenters. The third-order valence-electron chi connectivity index (χ3n) is 3.01. The molecule has 2 rings (SSSR count). The number of hydrogen-bond donors (Lipinski definition) is 0. The summed E-state index contributed by atoms with van der Waals surface area (Å²) < 4.78 is 22.8. The standard InChI is InChI=1S/C11H15NO3S2/c1-17(14,15)10-4-5-12(8-10)11(13)7-9-3-2-6-16-9/h2-3,6,10H,4-5,7-8H2,1H3/t10-/m1/s1. The second-order valence-corrected chi connectivity index (χ2v) is 7.69. The molecule has 94 valence electrons. The van der Waals surface area contributed by atoms with Crippen LogP contribution in [0.3, 0.4) is 0 Å². The van der Waals surface area contributed by atoms with Crippen molar-refractivity contribution < 1.29 is 13.2 Å². The molecule has 2 heterocycles. The fourth-order valence-electron chi connectivity index (χ4n) is 1.98. The van der Waals surface area contributed by atoms with Crippen molar-refractivity contribution in [1.29, 1.82) is 0 Å². The number of likely N-dealkylation sites (tertiary alicyclic amines) is 1. The lowest BCUT2D eigenvalue weighted by Crippen LogP contribution is -2.32. The van der Waals surface area contributed by atoms with Gasteiger partial charge in [0.25, 0.3) is 0 Å². The highest BCUT2D eigenvalue weighted by atomic mass is 32.2. The van der Waals surface area contributed by atoms with Gasteiger partial charge in [0.05, 0.1) is 11.7 Å². The van der Waals surface area contributed by atoms with Crippen molar-refractivity contribution in [3.63, 3.8) is 0 Å². The zero-order valence-corrected chi connectivity index (χ0v) is 11.3. The topological polar surface area (TPSA) is 54.5 Å². The van der Waals surface area contributed by atoms with E-state index < -0.39 is 9.84 Å². The van der Waals surface area contributed by atoms with Crippen LogP contribution in [0.1, 0.15) is 11.3 Å². The van der Waals surface area contributed by atoms with Crippen molar-refractivity contribution in [2.75, 3.05) is 19.3 Å². The van der Waals surface area contributed by atoms with Gasteiger partial charge in [-0.3, -0.25) is 4.79 Å². The SMILES string of the molecule is CS(=O)(=O)[C@@H]1CCN(C(=O)Cc2cccs2)C1. The summed E-state index contributed by atoms with van der Waals surface area (Å²) in [5.41, 5.74) is 0. The van der Waals surface area contributed by atoms with Crippen LogP contribution in [0.4, 0.5) is 0 Å². The number of rotatable bonds is 3. The molecule has 0 spiro atoms. The first kappa shape index (κ1) is 12.6. The van der Waals surface area contributed by atoms with Crippen LogP contribution in [-0.2, 0) is 21.1 Å². The van der Waals surface area contributed by atoms with Crippen LogP contribution in [-0.4, -0.2) is 43.8 Å². The average Bonchev–Trinajstić information content (AvgIpc) is 2.85. The summed E-state index contributed by atoms with van der Waals surface area (Å²) in [7, 11) is -3.02. The lowest BCUT2D eigenvalue weighted by molar-refractivity contribution is -0.129. The van der Waals surface area contributed by atoms with E-state index in [1.54, 1.807) is 16.2 Å². The largest absolute Gasteiger partial charge is 0.341 e. The maximum Gasteiger partial charge on any atom is 0.227 e. The Morgan fingerprint density at radius 2 is 2.35 bits per heavy atom. The Morgan fingerprint density at radius 3 is 2.88 bits per heavy atom. The first-order valence-corrected chi connectivity index (χ1v) is 8.29. The van der Waals surface area contributed by atoms with Gasteiger partial charge in [0, 0.05) is 24.2 Å². The quantitative estimate of drug-likeness (QED) is 0.823.